The number of fused-ring (bicyclic) bond motifs is 18. The van der Waals surface area contributed by atoms with Crippen molar-refractivity contribution in [3.63, 3.8) is 0 Å². The van der Waals surface area contributed by atoms with Gasteiger partial charge in [0.15, 0.2) is 34.5 Å². The van der Waals surface area contributed by atoms with Gasteiger partial charge in [-0.1, -0.05) is 315 Å². The standard InChI is InChI=1S/2C55H35N5O/c1-6-18-36(19-7-1)46-35-49-50(43-29-17-16-28-42(43)46)45-32-31-44-47-34-41(59(39-24-12-4-13-25-39)40-26-14-5-15-27-40)30-33-48(47)60(51(44)52(45)61-49)55-57-53(37-20-8-2-9-21-37)56-54(58-55)38-22-10-3-11-23-38;1-5-15-36(16-6-1)37-25-28-42(29-26-37)59(41-22-11-4-12-23-41)43-30-33-48-47(35-43)45-31-32-46-50-44-24-14-13-17-38(44)27-34-49(50)61-52(46)51(45)60(48)55-57-53(39-18-7-2-8-19-39)56-54(58-55)40-20-9-3-10-21-40/h2*1-35H. The van der Waals surface area contributed by atoms with Crippen LogP contribution >= 0.6 is 0 Å². The number of anilines is 6. The molecule has 18 aromatic carbocycles. The lowest BCUT2D eigenvalue weighted by molar-refractivity contribution is 0.670. The van der Waals surface area contributed by atoms with E-state index in [1.54, 1.807) is 0 Å². The number of rotatable bonds is 14. The molecule has 0 N–H and O–H groups in total. The minimum atomic E-state index is 0.506. The Morgan fingerprint density at radius 2 is 0.533 bits per heavy atom. The Bertz CT molecular complexity index is 7940. The van der Waals surface area contributed by atoms with Crippen LogP contribution in [0.3, 0.4) is 0 Å². The maximum atomic E-state index is 7.17. The van der Waals surface area contributed by atoms with Crippen molar-refractivity contribution in [2.75, 3.05) is 9.80 Å². The van der Waals surface area contributed by atoms with Gasteiger partial charge in [-0.3, -0.25) is 9.13 Å². The SMILES string of the molecule is c1ccc(-c2ccc(N(c3ccccc3)c3ccc4c(c3)c3ccc5c(oc6ccc7ccccc7c65)c3n4-c3nc(-c4ccccc4)nc(-c4ccccc4)n3)cc2)cc1.c1ccc(-c2nc(-c3ccccc3)nc(-n3c4ccc(N(c5ccccc5)c5ccccc5)cc4c4ccc5c(oc6cc(-c7ccccc7)c7ccccc7c65)c43)n2)cc1. The van der Waals surface area contributed by atoms with Crippen LogP contribution in [0.2, 0.25) is 0 Å². The summed E-state index contributed by atoms with van der Waals surface area (Å²) in [5.41, 5.74) is 21.4. The van der Waals surface area contributed by atoms with E-state index >= 15 is 0 Å². The second-order valence-electron chi connectivity index (χ2n) is 30.4. The highest BCUT2D eigenvalue weighted by Gasteiger charge is 2.29. The molecule has 0 bridgehead atoms. The van der Waals surface area contributed by atoms with Gasteiger partial charge in [-0.05, 0) is 153 Å². The molecular weight excluding hydrogens is 1490 g/mol. The summed E-state index contributed by atoms with van der Waals surface area (Å²) >= 11 is 0. The van der Waals surface area contributed by atoms with Gasteiger partial charge in [-0.25, -0.2) is 9.97 Å². The highest BCUT2D eigenvalue weighted by molar-refractivity contribution is 6.29. The Hall–Kier alpha value is -16.7. The first-order chi connectivity index (χ1) is 60.5. The van der Waals surface area contributed by atoms with Crippen molar-refractivity contribution in [3.05, 3.63) is 425 Å². The predicted molar refractivity (Wildman–Crippen MR) is 500 cm³/mol. The number of furan rings is 2. The van der Waals surface area contributed by atoms with Crippen LogP contribution in [-0.4, -0.2) is 39.0 Å². The minimum Gasteiger partial charge on any atom is -0.454 e. The Balaban J connectivity index is 0.000000142. The fourth-order valence-corrected chi connectivity index (χ4v) is 17.7. The Morgan fingerprint density at radius 1 is 0.205 bits per heavy atom. The van der Waals surface area contributed by atoms with Gasteiger partial charge in [0.1, 0.15) is 22.2 Å². The number of para-hydroxylation sites is 3. The van der Waals surface area contributed by atoms with Crippen LogP contribution in [0.15, 0.2) is 433 Å². The van der Waals surface area contributed by atoms with E-state index in [1.165, 1.54) is 21.9 Å². The zero-order chi connectivity index (χ0) is 80.6. The van der Waals surface area contributed by atoms with Gasteiger partial charge in [0.05, 0.1) is 11.0 Å². The van der Waals surface area contributed by atoms with Crippen molar-refractivity contribution in [1.82, 2.24) is 39.0 Å². The van der Waals surface area contributed by atoms with Crippen molar-refractivity contribution in [3.8, 4) is 79.7 Å². The molecule has 0 saturated heterocycles. The highest BCUT2D eigenvalue weighted by atomic mass is 16.3. The molecule has 122 heavy (non-hydrogen) atoms. The highest BCUT2D eigenvalue weighted by Crippen LogP contribution is 2.49. The molecule has 0 spiro atoms. The molecule has 0 aliphatic rings. The molecule has 0 unspecified atom stereocenters. The third kappa shape index (κ3) is 12.3. The predicted octanol–water partition coefficient (Wildman–Crippen LogP) is 29.0. The van der Waals surface area contributed by atoms with Gasteiger partial charge < -0.3 is 18.6 Å². The van der Waals surface area contributed by atoms with E-state index in [4.69, 9.17) is 38.7 Å². The van der Waals surface area contributed by atoms with Crippen LogP contribution in [0.4, 0.5) is 34.1 Å². The first kappa shape index (κ1) is 70.7. The van der Waals surface area contributed by atoms with Gasteiger partial charge in [0.2, 0.25) is 11.9 Å². The van der Waals surface area contributed by atoms with Gasteiger partial charge in [-0.15, -0.1) is 0 Å². The summed E-state index contributed by atoms with van der Waals surface area (Å²) in [7, 11) is 0. The third-order valence-corrected chi connectivity index (χ3v) is 23.2. The summed E-state index contributed by atoms with van der Waals surface area (Å²) in [4.78, 5) is 35.8. The van der Waals surface area contributed by atoms with E-state index in [2.05, 4.69) is 322 Å². The Morgan fingerprint density at radius 3 is 0.967 bits per heavy atom. The van der Waals surface area contributed by atoms with Crippen molar-refractivity contribution >= 4 is 143 Å². The van der Waals surface area contributed by atoms with Crippen LogP contribution in [0.25, 0.3) is 189 Å². The topological polar surface area (TPSA) is 120 Å². The number of aromatic nitrogens is 8. The fraction of sp³-hybridized carbons (Fsp3) is 0. The molecule has 6 heterocycles. The second-order valence-corrected chi connectivity index (χ2v) is 30.4. The molecule has 6 aromatic heterocycles. The third-order valence-electron chi connectivity index (χ3n) is 23.2. The van der Waals surface area contributed by atoms with Crippen LogP contribution in [0.5, 0.6) is 0 Å². The number of nitrogens with zero attached hydrogens (tertiary/aromatic N) is 10. The van der Waals surface area contributed by atoms with Crippen molar-refractivity contribution in [2.24, 2.45) is 0 Å². The fourth-order valence-electron chi connectivity index (χ4n) is 17.7. The molecular formula is C110H70N10O2. The molecule has 12 nitrogen and oxygen atoms in total. The second kappa shape index (κ2) is 29.8. The first-order valence-corrected chi connectivity index (χ1v) is 40.9. The molecule has 24 aromatic rings. The van der Waals surface area contributed by atoms with Gasteiger partial charge >= 0.3 is 0 Å². The van der Waals surface area contributed by atoms with E-state index in [9.17, 15) is 0 Å². The molecule has 572 valence electrons. The summed E-state index contributed by atoms with van der Waals surface area (Å²) in [5.74, 6) is 3.37. The molecule has 24 rings (SSSR count). The van der Waals surface area contributed by atoms with Gasteiger partial charge in [0, 0.05) is 99.5 Å². The molecule has 0 aliphatic carbocycles. The number of hydrogen-bond donors (Lipinski definition) is 0. The van der Waals surface area contributed by atoms with E-state index in [-0.39, 0.29) is 0 Å². The van der Waals surface area contributed by atoms with E-state index in [0.29, 0.717) is 35.2 Å². The van der Waals surface area contributed by atoms with Crippen molar-refractivity contribution in [2.45, 2.75) is 0 Å². The maximum absolute atomic E-state index is 7.17. The molecule has 0 radical (unpaired) electrons. The van der Waals surface area contributed by atoms with Crippen LogP contribution < -0.4 is 9.80 Å². The van der Waals surface area contributed by atoms with Crippen molar-refractivity contribution < 1.29 is 8.83 Å². The lowest BCUT2D eigenvalue weighted by atomic mass is 9.95. The van der Waals surface area contributed by atoms with E-state index < -0.39 is 0 Å². The van der Waals surface area contributed by atoms with Gasteiger partial charge in [0.25, 0.3) is 0 Å². The Kier molecular flexibility index (Phi) is 17.3. The molecule has 0 aliphatic heterocycles. The summed E-state index contributed by atoms with van der Waals surface area (Å²) in [6.07, 6.45) is 0. The summed E-state index contributed by atoms with van der Waals surface area (Å²) in [6.45, 7) is 0. The number of benzene rings is 18. The van der Waals surface area contributed by atoms with E-state index in [0.717, 1.165) is 166 Å². The van der Waals surface area contributed by atoms with Crippen LogP contribution in [0, 0.1) is 0 Å². The largest absolute Gasteiger partial charge is 0.454 e. The average molecular weight is 1560 g/mol. The normalized spacial score (nSPS) is 11.6. The average Bonchev–Trinajstić information content (AvgIpc) is 1.56. The molecule has 12 heteroatoms. The quantitative estimate of drug-likeness (QED) is 0.104. The molecule has 0 fully saturated rings. The minimum absolute atomic E-state index is 0.506. The number of hydrogen-bond acceptors (Lipinski definition) is 10. The lowest BCUT2D eigenvalue weighted by Gasteiger charge is -2.26. The zero-order valence-electron chi connectivity index (χ0n) is 65.7. The van der Waals surface area contributed by atoms with Crippen molar-refractivity contribution in [1.29, 1.82) is 0 Å². The molecule has 0 saturated carbocycles. The zero-order valence-corrected chi connectivity index (χ0v) is 65.7. The molecule has 0 amide bonds. The summed E-state index contributed by atoms with van der Waals surface area (Å²) < 4.78 is 18.5. The summed E-state index contributed by atoms with van der Waals surface area (Å²) in [6, 6.07) is 148. The first-order valence-electron chi connectivity index (χ1n) is 40.9. The monoisotopic (exact) mass is 1560 g/mol. The Labute approximate surface area is 700 Å². The molecule has 0 atom stereocenters. The van der Waals surface area contributed by atoms with Crippen LogP contribution in [-0.2, 0) is 0 Å². The lowest BCUT2D eigenvalue weighted by Crippen LogP contribution is -2.10. The maximum Gasteiger partial charge on any atom is 0.238 e. The summed E-state index contributed by atoms with van der Waals surface area (Å²) in [5, 5.41) is 13.0. The van der Waals surface area contributed by atoms with Crippen LogP contribution in [0.1, 0.15) is 0 Å². The smallest absolute Gasteiger partial charge is 0.238 e. The van der Waals surface area contributed by atoms with Gasteiger partial charge in [-0.2, -0.15) is 19.9 Å². The van der Waals surface area contributed by atoms with E-state index in [1.807, 2.05) is 121 Å².